The molecule has 1 aliphatic rings. The van der Waals surface area contributed by atoms with Gasteiger partial charge >= 0.3 is 5.97 Å². The molecule has 92 valence electrons. The summed E-state index contributed by atoms with van der Waals surface area (Å²) in [6, 6.07) is -0.318. The first-order valence-electron chi connectivity index (χ1n) is 5.17. The summed E-state index contributed by atoms with van der Waals surface area (Å²) in [6.07, 6.45) is 0.687. The maximum absolute atomic E-state index is 11.5. The zero-order chi connectivity index (χ0) is 12.3. The quantitative estimate of drug-likeness (QED) is 0.589. The predicted octanol–water partition coefficient (Wildman–Crippen LogP) is -1.27. The van der Waals surface area contributed by atoms with Crippen LogP contribution < -0.4 is 5.32 Å². The Labute approximate surface area is 94.6 Å². The molecule has 1 saturated heterocycles. The van der Waals surface area contributed by atoms with Crippen LogP contribution in [0.3, 0.4) is 0 Å². The molecule has 1 rings (SSSR count). The van der Waals surface area contributed by atoms with Crippen LogP contribution in [0.15, 0.2) is 0 Å². The molecule has 1 aliphatic heterocycles. The van der Waals surface area contributed by atoms with E-state index in [1.54, 1.807) is 11.9 Å². The van der Waals surface area contributed by atoms with Crippen molar-refractivity contribution in [2.75, 3.05) is 27.2 Å². The lowest BCUT2D eigenvalue weighted by atomic mass is 10.1. The molecule has 0 aromatic heterocycles. The fourth-order valence-electron chi connectivity index (χ4n) is 1.63. The summed E-state index contributed by atoms with van der Waals surface area (Å²) in [5, 5.41) is 12.6. The van der Waals surface area contributed by atoms with Gasteiger partial charge in [0.15, 0.2) is 5.60 Å². The van der Waals surface area contributed by atoms with Gasteiger partial charge in [-0.3, -0.25) is 4.79 Å². The van der Waals surface area contributed by atoms with Gasteiger partial charge in [0.05, 0.1) is 13.2 Å². The fourth-order valence-corrected chi connectivity index (χ4v) is 1.63. The summed E-state index contributed by atoms with van der Waals surface area (Å²) >= 11 is 0. The zero-order valence-corrected chi connectivity index (χ0v) is 9.82. The minimum absolute atomic E-state index is 0.00389. The Bertz CT molecular complexity index is 291. The van der Waals surface area contributed by atoms with Crippen LogP contribution in [0.4, 0.5) is 0 Å². The maximum atomic E-state index is 11.5. The lowest BCUT2D eigenvalue weighted by Gasteiger charge is -2.22. The van der Waals surface area contributed by atoms with Crippen LogP contribution in [-0.4, -0.2) is 60.8 Å². The van der Waals surface area contributed by atoms with E-state index in [4.69, 9.17) is 0 Å². The Kier molecular flexibility index (Phi) is 3.88. The van der Waals surface area contributed by atoms with Gasteiger partial charge in [0.25, 0.3) is 0 Å². The highest BCUT2D eigenvalue weighted by Gasteiger charge is 2.35. The topological polar surface area (TPSA) is 78.9 Å². The summed E-state index contributed by atoms with van der Waals surface area (Å²) in [5.74, 6) is -0.723. The number of aliphatic hydroxyl groups is 1. The van der Waals surface area contributed by atoms with Crippen molar-refractivity contribution >= 4 is 11.9 Å². The number of esters is 1. The number of rotatable bonds is 4. The van der Waals surface area contributed by atoms with Gasteiger partial charge < -0.3 is 20.1 Å². The summed E-state index contributed by atoms with van der Waals surface area (Å²) in [6.45, 7) is 2.05. The Morgan fingerprint density at radius 3 is 2.81 bits per heavy atom. The van der Waals surface area contributed by atoms with Crippen molar-refractivity contribution in [3.05, 3.63) is 0 Å². The number of likely N-dealkylation sites (N-methyl/N-ethyl adjacent to an activating group) is 1. The van der Waals surface area contributed by atoms with Crippen LogP contribution in [0.2, 0.25) is 0 Å². The summed E-state index contributed by atoms with van der Waals surface area (Å²) in [5.41, 5.74) is -1.60. The second-order valence-corrected chi connectivity index (χ2v) is 4.25. The molecule has 0 aliphatic carbocycles. The SMILES string of the molecule is COC(=O)C(C)(O)CNC1CCN(C)C1=O. The molecule has 2 N–H and O–H groups in total. The molecule has 0 bridgehead atoms. The zero-order valence-electron chi connectivity index (χ0n) is 9.82. The fraction of sp³-hybridized carbons (Fsp3) is 0.800. The molecule has 0 radical (unpaired) electrons. The number of methoxy groups -OCH3 is 1. The van der Waals surface area contributed by atoms with E-state index in [9.17, 15) is 14.7 Å². The number of hydrogen-bond donors (Lipinski definition) is 2. The van der Waals surface area contributed by atoms with Crippen LogP contribution in [-0.2, 0) is 14.3 Å². The summed E-state index contributed by atoms with van der Waals surface area (Å²) < 4.78 is 4.45. The normalized spacial score (nSPS) is 24.4. The van der Waals surface area contributed by atoms with Crippen LogP contribution >= 0.6 is 0 Å². The molecule has 2 unspecified atom stereocenters. The molecule has 0 saturated carbocycles. The molecule has 0 aromatic carbocycles. The number of hydrogen-bond acceptors (Lipinski definition) is 5. The molecule has 0 aromatic rings. The van der Waals surface area contributed by atoms with Crippen molar-refractivity contribution in [2.24, 2.45) is 0 Å². The van der Waals surface area contributed by atoms with Crippen LogP contribution in [0, 0.1) is 0 Å². The Balaban J connectivity index is 2.46. The molecule has 6 nitrogen and oxygen atoms in total. The Morgan fingerprint density at radius 1 is 1.75 bits per heavy atom. The van der Waals surface area contributed by atoms with Crippen LogP contribution in [0.1, 0.15) is 13.3 Å². The average Bonchev–Trinajstić information content (AvgIpc) is 2.56. The molecule has 16 heavy (non-hydrogen) atoms. The van der Waals surface area contributed by atoms with Gasteiger partial charge in [0.2, 0.25) is 5.91 Å². The highest BCUT2D eigenvalue weighted by molar-refractivity contribution is 5.84. The van der Waals surface area contributed by atoms with Crippen molar-refractivity contribution in [1.82, 2.24) is 10.2 Å². The Hall–Kier alpha value is -1.14. The molecule has 1 amide bonds. The van der Waals surface area contributed by atoms with E-state index in [0.29, 0.717) is 13.0 Å². The Morgan fingerprint density at radius 2 is 2.38 bits per heavy atom. The standard InChI is InChI=1S/C10H18N2O4/c1-10(15,9(14)16-3)6-11-7-4-5-12(2)8(7)13/h7,11,15H,4-6H2,1-3H3. The van der Waals surface area contributed by atoms with Crippen molar-refractivity contribution in [1.29, 1.82) is 0 Å². The highest BCUT2D eigenvalue weighted by atomic mass is 16.5. The second-order valence-electron chi connectivity index (χ2n) is 4.25. The van der Waals surface area contributed by atoms with E-state index in [1.165, 1.54) is 14.0 Å². The molecule has 1 fully saturated rings. The van der Waals surface area contributed by atoms with Gasteiger partial charge in [-0.2, -0.15) is 0 Å². The molecule has 1 heterocycles. The largest absolute Gasteiger partial charge is 0.467 e. The molecule has 0 spiro atoms. The van der Waals surface area contributed by atoms with Gasteiger partial charge in [-0.15, -0.1) is 0 Å². The third-order valence-electron chi connectivity index (χ3n) is 2.75. The second kappa shape index (κ2) is 4.80. The number of carbonyl (C=O) groups is 2. The first-order chi connectivity index (χ1) is 7.38. The van der Waals surface area contributed by atoms with Crippen molar-refractivity contribution < 1.29 is 19.4 Å². The van der Waals surface area contributed by atoms with Gasteiger partial charge in [0, 0.05) is 20.1 Å². The van der Waals surface area contributed by atoms with E-state index in [-0.39, 0.29) is 18.5 Å². The van der Waals surface area contributed by atoms with Gasteiger partial charge in [-0.1, -0.05) is 0 Å². The smallest absolute Gasteiger partial charge is 0.338 e. The van der Waals surface area contributed by atoms with E-state index in [1.807, 2.05) is 0 Å². The number of nitrogens with one attached hydrogen (secondary N) is 1. The number of ether oxygens (including phenoxy) is 1. The predicted molar refractivity (Wildman–Crippen MR) is 56.7 cm³/mol. The first kappa shape index (κ1) is 12.9. The van der Waals surface area contributed by atoms with Gasteiger partial charge in [-0.25, -0.2) is 4.79 Å². The van der Waals surface area contributed by atoms with E-state index in [2.05, 4.69) is 10.1 Å². The molecular weight excluding hydrogens is 212 g/mol. The van der Waals surface area contributed by atoms with E-state index in [0.717, 1.165) is 0 Å². The minimum Gasteiger partial charge on any atom is -0.467 e. The third-order valence-corrected chi connectivity index (χ3v) is 2.75. The number of carbonyl (C=O) groups excluding carboxylic acids is 2. The molecule has 6 heteroatoms. The van der Waals surface area contributed by atoms with Gasteiger partial charge in [0.1, 0.15) is 0 Å². The van der Waals surface area contributed by atoms with Crippen molar-refractivity contribution in [2.45, 2.75) is 25.0 Å². The summed E-state index contributed by atoms with van der Waals surface area (Å²) in [7, 11) is 2.94. The molecule has 2 atom stereocenters. The molecular formula is C10H18N2O4. The monoisotopic (exact) mass is 230 g/mol. The maximum Gasteiger partial charge on any atom is 0.338 e. The van der Waals surface area contributed by atoms with Crippen LogP contribution in [0.25, 0.3) is 0 Å². The van der Waals surface area contributed by atoms with Crippen LogP contribution in [0.5, 0.6) is 0 Å². The highest BCUT2D eigenvalue weighted by Crippen LogP contribution is 2.10. The van der Waals surface area contributed by atoms with E-state index < -0.39 is 11.6 Å². The lowest BCUT2D eigenvalue weighted by molar-refractivity contribution is -0.160. The van der Waals surface area contributed by atoms with Crippen molar-refractivity contribution in [3.8, 4) is 0 Å². The van der Waals surface area contributed by atoms with E-state index >= 15 is 0 Å². The minimum atomic E-state index is -1.60. The summed E-state index contributed by atoms with van der Waals surface area (Å²) in [4.78, 5) is 24.3. The van der Waals surface area contributed by atoms with Crippen molar-refractivity contribution in [3.63, 3.8) is 0 Å². The first-order valence-corrected chi connectivity index (χ1v) is 5.17. The number of nitrogens with zero attached hydrogens (tertiary/aromatic N) is 1. The average molecular weight is 230 g/mol. The lowest BCUT2D eigenvalue weighted by Crippen LogP contribution is -2.50. The third kappa shape index (κ3) is 2.70. The number of amides is 1. The van der Waals surface area contributed by atoms with Gasteiger partial charge in [-0.05, 0) is 13.3 Å². The number of likely N-dealkylation sites (tertiary alicyclic amines) is 1.